The van der Waals surface area contributed by atoms with Crippen LogP contribution in [0.5, 0.6) is 0 Å². The molecule has 30 heavy (non-hydrogen) atoms. The number of hydrogen-bond donors (Lipinski definition) is 1. The summed E-state index contributed by atoms with van der Waals surface area (Å²) in [4.78, 5) is 26.2. The van der Waals surface area contributed by atoms with Gasteiger partial charge >= 0.3 is 0 Å². The number of benzene rings is 2. The van der Waals surface area contributed by atoms with Crippen LogP contribution in [-0.4, -0.2) is 33.4 Å². The number of carbonyl (C=O) groups excluding carboxylic acids is 1. The monoisotopic (exact) mass is 444 g/mol. The van der Waals surface area contributed by atoms with Crippen LogP contribution in [0.1, 0.15) is 35.2 Å². The lowest BCUT2D eigenvalue weighted by Crippen LogP contribution is -2.46. The molecule has 0 aliphatic carbocycles. The van der Waals surface area contributed by atoms with E-state index in [0.717, 1.165) is 37.9 Å². The minimum absolute atomic E-state index is 0.0718. The summed E-state index contributed by atoms with van der Waals surface area (Å²) in [7, 11) is 0. The van der Waals surface area contributed by atoms with E-state index in [4.69, 9.17) is 23.2 Å². The standard InChI is InChI=1S/C22H22Cl2N4O2/c23-17-9-10-20(19(24)13-17)28-22(30)18(21(29)25-26-11-5-2-6-12-26)15-27(28)14-16-7-3-1-4-8-16/h1,3-4,7-10,13,15H,2,5-6,11-12,14H2,(H,25,29). The van der Waals surface area contributed by atoms with Crippen molar-refractivity contribution in [3.05, 3.63) is 86.3 Å². The third-order valence-corrected chi connectivity index (χ3v) is 5.68. The van der Waals surface area contributed by atoms with E-state index < -0.39 is 11.5 Å². The number of hydrazine groups is 1. The smallest absolute Gasteiger partial charge is 0.284 e. The second-order valence-corrected chi connectivity index (χ2v) is 8.17. The third-order valence-electron chi connectivity index (χ3n) is 5.14. The van der Waals surface area contributed by atoms with Crippen LogP contribution in [0.4, 0.5) is 0 Å². The molecule has 2 heterocycles. The zero-order valence-corrected chi connectivity index (χ0v) is 17.9. The van der Waals surface area contributed by atoms with Crippen molar-refractivity contribution in [1.82, 2.24) is 19.8 Å². The molecule has 1 N–H and O–H groups in total. The Morgan fingerprint density at radius 2 is 1.73 bits per heavy atom. The zero-order valence-electron chi connectivity index (χ0n) is 16.4. The number of aromatic nitrogens is 2. The number of nitrogens with zero attached hydrogens (tertiary/aromatic N) is 3. The van der Waals surface area contributed by atoms with Gasteiger partial charge in [0, 0.05) is 24.3 Å². The Bertz CT molecular complexity index is 1100. The van der Waals surface area contributed by atoms with Gasteiger partial charge in [-0.2, -0.15) is 0 Å². The molecule has 2 aromatic carbocycles. The summed E-state index contributed by atoms with van der Waals surface area (Å²) >= 11 is 12.4. The van der Waals surface area contributed by atoms with Crippen molar-refractivity contribution in [3.8, 4) is 5.69 Å². The van der Waals surface area contributed by atoms with Gasteiger partial charge in [-0.25, -0.2) is 9.69 Å². The summed E-state index contributed by atoms with van der Waals surface area (Å²) in [5, 5.41) is 2.68. The largest absolute Gasteiger partial charge is 0.285 e. The molecule has 0 unspecified atom stereocenters. The lowest BCUT2D eigenvalue weighted by Gasteiger charge is -2.26. The highest BCUT2D eigenvalue weighted by Crippen LogP contribution is 2.24. The zero-order chi connectivity index (χ0) is 21.1. The second kappa shape index (κ2) is 9.08. The lowest BCUT2D eigenvalue weighted by atomic mass is 10.2. The summed E-state index contributed by atoms with van der Waals surface area (Å²) < 4.78 is 3.13. The molecular weight excluding hydrogens is 423 g/mol. The van der Waals surface area contributed by atoms with Crippen molar-refractivity contribution in [3.63, 3.8) is 0 Å². The van der Waals surface area contributed by atoms with E-state index >= 15 is 0 Å². The highest BCUT2D eigenvalue weighted by molar-refractivity contribution is 6.35. The Labute approximate surface area is 184 Å². The topological polar surface area (TPSA) is 59.3 Å². The normalized spacial score (nSPS) is 14.6. The van der Waals surface area contributed by atoms with E-state index in [1.165, 1.54) is 4.68 Å². The SMILES string of the molecule is O=C(NN1CCCCC1)c1cn(Cc2ccccc2)n(-c2ccc(Cl)cc2Cl)c1=O. The molecule has 156 valence electrons. The summed E-state index contributed by atoms with van der Waals surface area (Å²) in [5.41, 5.74) is 3.98. The average Bonchev–Trinajstić information content (AvgIpc) is 3.05. The first kappa shape index (κ1) is 20.7. The molecule has 1 fully saturated rings. The van der Waals surface area contributed by atoms with Crippen molar-refractivity contribution in [2.45, 2.75) is 25.8 Å². The number of piperidine rings is 1. The van der Waals surface area contributed by atoms with Gasteiger partial charge in [-0.1, -0.05) is 60.0 Å². The van der Waals surface area contributed by atoms with Gasteiger partial charge < -0.3 is 0 Å². The Morgan fingerprint density at radius 3 is 2.43 bits per heavy atom. The molecule has 4 rings (SSSR count). The Hall–Kier alpha value is -2.54. The van der Waals surface area contributed by atoms with E-state index in [-0.39, 0.29) is 5.56 Å². The quantitative estimate of drug-likeness (QED) is 0.643. The van der Waals surface area contributed by atoms with E-state index in [9.17, 15) is 9.59 Å². The molecule has 1 aliphatic heterocycles. The van der Waals surface area contributed by atoms with Crippen LogP contribution in [0.15, 0.2) is 59.5 Å². The van der Waals surface area contributed by atoms with Gasteiger partial charge in [0.25, 0.3) is 11.5 Å². The van der Waals surface area contributed by atoms with E-state index in [0.29, 0.717) is 22.3 Å². The Morgan fingerprint density at radius 1 is 1.00 bits per heavy atom. The minimum Gasteiger partial charge on any atom is -0.285 e. The summed E-state index contributed by atoms with van der Waals surface area (Å²) in [6.45, 7) is 1.98. The lowest BCUT2D eigenvalue weighted by molar-refractivity contribution is 0.0749. The molecule has 3 aromatic rings. The number of nitrogens with one attached hydrogen (secondary N) is 1. The van der Waals surface area contributed by atoms with Gasteiger partial charge in [0.1, 0.15) is 5.56 Å². The first-order chi connectivity index (χ1) is 14.5. The van der Waals surface area contributed by atoms with Crippen LogP contribution in [0, 0.1) is 0 Å². The molecule has 1 saturated heterocycles. The molecule has 0 atom stereocenters. The fourth-order valence-corrected chi connectivity index (χ4v) is 4.13. The molecule has 1 aromatic heterocycles. The predicted molar refractivity (Wildman–Crippen MR) is 118 cm³/mol. The van der Waals surface area contributed by atoms with Crippen molar-refractivity contribution < 1.29 is 4.79 Å². The molecule has 1 aliphatic rings. The molecule has 8 heteroatoms. The van der Waals surface area contributed by atoms with Crippen molar-refractivity contribution in [2.24, 2.45) is 0 Å². The number of amides is 1. The average molecular weight is 445 g/mol. The number of carbonyl (C=O) groups is 1. The maximum Gasteiger partial charge on any atom is 0.284 e. The van der Waals surface area contributed by atoms with Gasteiger partial charge in [-0.05, 0) is 36.6 Å². The van der Waals surface area contributed by atoms with E-state index in [1.807, 2.05) is 35.3 Å². The highest BCUT2D eigenvalue weighted by atomic mass is 35.5. The molecule has 0 radical (unpaired) electrons. The molecular formula is C22H22Cl2N4O2. The van der Waals surface area contributed by atoms with Gasteiger partial charge in [-0.15, -0.1) is 0 Å². The van der Waals surface area contributed by atoms with Crippen molar-refractivity contribution in [1.29, 1.82) is 0 Å². The maximum atomic E-state index is 13.3. The minimum atomic E-state index is -0.426. The second-order valence-electron chi connectivity index (χ2n) is 7.33. The summed E-state index contributed by atoms with van der Waals surface area (Å²) in [6.07, 6.45) is 4.79. The number of rotatable bonds is 5. The van der Waals surface area contributed by atoms with Crippen LogP contribution < -0.4 is 11.0 Å². The number of halogens is 2. The van der Waals surface area contributed by atoms with E-state index in [1.54, 1.807) is 29.1 Å². The molecule has 6 nitrogen and oxygen atoms in total. The van der Waals surface area contributed by atoms with Crippen LogP contribution >= 0.6 is 23.2 Å². The van der Waals surface area contributed by atoms with Crippen LogP contribution in [0.3, 0.4) is 0 Å². The third kappa shape index (κ3) is 4.46. The van der Waals surface area contributed by atoms with E-state index in [2.05, 4.69) is 5.43 Å². The fourth-order valence-electron chi connectivity index (χ4n) is 3.65. The van der Waals surface area contributed by atoms with Crippen LogP contribution in [0.25, 0.3) is 5.69 Å². The van der Waals surface area contributed by atoms with Crippen molar-refractivity contribution in [2.75, 3.05) is 13.1 Å². The number of hydrogen-bond acceptors (Lipinski definition) is 3. The van der Waals surface area contributed by atoms with Crippen molar-refractivity contribution >= 4 is 29.1 Å². The molecule has 0 saturated carbocycles. The fraction of sp³-hybridized carbons (Fsp3) is 0.273. The Balaban J connectivity index is 1.74. The molecule has 0 bridgehead atoms. The Kier molecular flexibility index (Phi) is 6.27. The van der Waals surface area contributed by atoms with Crippen LogP contribution in [0.2, 0.25) is 10.0 Å². The first-order valence-electron chi connectivity index (χ1n) is 9.90. The summed E-state index contributed by atoms with van der Waals surface area (Å²) in [5.74, 6) is -0.410. The summed E-state index contributed by atoms with van der Waals surface area (Å²) in [6, 6.07) is 14.7. The van der Waals surface area contributed by atoms with Gasteiger partial charge in [-0.3, -0.25) is 19.7 Å². The van der Waals surface area contributed by atoms with Gasteiger partial charge in [0.2, 0.25) is 0 Å². The maximum absolute atomic E-state index is 13.3. The molecule has 1 amide bonds. The van der Waals surface area contributed by atoms with Crippen LogP contribution in [-0.2, 0) is 6.54 Å². The van der Waals surface area contributed by atoms with Gasteiger partial charge in [0.05, 0.1) is 17.3 Å². The highest BCUT2D eigenvalue weighted by Gasteiger charge is 2.22. The van der Waals surface area contributed by atoms with Gasteiger partial charge in [0.15, 0.2) is 0 Å². The molecule has 0 spiro atoms. The predicted octanol–water partition coefficient (Wildman–Crippen LogP) is 4.12. The first-order valence-corrected chi connectivity index (χ1v) is 10.7.